The van der Waals surface area contributed by atoms with Gasteiger partial charge in [-0.1, -0.05) is 38.1 Å². The van der Waals surface area contributed by atoms with Gasteiger partial charge < -0.3 is 15.5 Å². The first-order valence-electron chi connectivity index (χ1n) is 10.6. The molecule has 156 valence electrons. The molecule has 2 heterocycles. The van der Waals surface area contributed by atoms with Gasteiger partial charge in [-0.15, -0.1) is 0 Å². The summed E-state index contributed by atoms with van der Waals surface area (Å²) in [6.45, 7) is 6.36. The van der Waals surface area contributed by atoms with Crippen LogP contribution in [0.5, 0.6) is 0 Å². The molecular formula is C24H29N5O. The van der Waals surface area contributed by atoms with E-state index in [9.17, 15) is 4.79 Å². The molecule has 0 aliphatic carbocycles. The van der Waals surface area contributed by atoms with Gasteiger partial charge in [0.15, 0.2) is 0 Å². The first kappa shape index (κ1) is 20.3. The van der Waals surface area contributed by atoms with Crippen LogP contribution in [0.4, 0.5) is 11.6 Å². The van der Waals surface area contributed by atoms with Gasteiger partial charge in [0.2, 0.25) is 5.95 Å². The van der Waals surface area contributed by atoms with Crippen LogP contribution in [0.2, 0.25) is 0 Å². The van der Waals surface area contributed by atoms with Gasteiger partial charge in [0.05, 0.1) is 5.52 Å². The van der Waals surface area contributed by atoms with Crippen molar-refractivity contribution in [2.75, 3.05) is 25.5 Å². The van der Waals surface area contributed by atoms with Crippen molar-refractivity contribution < 1.29 is 4.79 Å². The van der Waals surface area contributed by atoms with Crippen molar-refractivity contribution in [3.63, 3.8) is 0 Å². The normalized spacial score (nSPS) is 15.5. The largest absolute Gasteiger partial charge is 0.349 e. The molecule has 0 radical (unpaired) electrons. The van der Waals surface area contributed by atoms with E-state index in [0.29, 0.717) is 17.4 Å². The molecule has 1 aliphatic heterocycles. The van der Waals surface area contributed by atoms with E-state index in [2.05, 4.69) is 47.5 Å². The van der Waals surface area contributed by atoms with Gasteiger partial charge in [-0.2, -0.15) is 0 Å². The molecule has 0 saturated carbocycles. The van der Waals surface area contributed by atoms with Gasteiger partial charge >= 0.3 is 0 Å². The van der Waals surface area contributed by atoms with Crippen LogP contribution in [0.25, 0.3) is 10.9 Å². The Hall–Kier alpha value is -2.99. The summed E-state index contributed by atoms with van der Waals surface area (Å²) in [4.78, 5) is 24.2. The Balaban J connectivity index is 1.50. The lowest BCUT2D eigenvalue weighted by atomic mass is 10.0. The Morgan fingerprint density at radius 3 is 2.67 bits per heavy atom. The fraction of sp³-hybridized carbons (Fsp3) is 0.375. The molecule has 4 rings (SSSR count). The molecule has 0 unspecified atom stereocenters. The summed E-state index contributed by atoms with van der Waals surface area (Å²) in [6, 6.07) is 13.9. The predicted molar refractivity (Wildman–Crippen MR) is 121 cm³/mol. The lowest BCUT2D eigenvalue weighted by Gasteiger charge is -2.29. The van der Waals surface area contributed by atoms with E-state index in [1.165, 1.54) is 5.56 Å². The third-order valence-electron chi connectivity index (χ3n) is 5.70. The third-order valence-corrected chi connectivity index (χ3v) is 5.70. The minimum Gasteiger partial charge on any atom is -0.349 e. The van der Waals surface area contributed by atoms with E-state index in [4.69, 9.17) is 4.98 Å². The molecule has 0 bridgehead atoms. The van der Waals surface area contributed by atoms with E-state index >= 15 is 0 Å². The number of fused-ring (bicyclic) bond motifs is 1. The van der Waals surface area contributed by atoms with E-state index in [1.54, 1.807) is 0 Å². The molecule has 0 atom stereocenters. The molecule has 1 saturated heterocycles. The minimum atomic E-state index is -0.0327. The molecule has 30 heavy (non-hydrogen) atoms. The van der Waals surface area contributed by atoms with E-state index in [-0.39, 0.29) is 11.9 Å². The quantitative estimate of drug-likeness (QED) is 0.664. The summed E-state index contributed by atoms with van der Waals surface area (Å²) in [5.74, 6) is 0.876. The standard InChI is InChI=1S/C24H29N5O/c1-16(2)21-9-5-7-18-15-25-24(28-22(18)21)27-20-8-4-6-17(14-20)23(30)26-19-10-12-29(3)13-11-19/h4-9,14-16,19H,10-13H2,1-3H3,(H,26,30)(H,25,27,28). The lowest BCUT2D eigenvalue weighted by Crippen LogP contribution is -2.43. The van der Waals surface area contributed by atoms with Crippen LogP contribution in [0.1, 0.15) is 48.5 Å². The van der Waals surface area contributed by atoms with E-state index in [0.717, 1.165) is 42.5 Å². The van der Waals surface area contributed by atoms with Crippen molar-refractivity contribution in [1.82, 2.24) is 20.2 Å². The number of nitrogens with one attached hydrogen (secondary N) is 2. The van der Waals surface area contributed by atoms with Crippen LogP contribution in [-0.2, 0) is 0 Å². The van der Waals surface area contributed by atoms with Crippen LogP contribution in [0.15, 0.2) is 48.7 Å². The number of piperidine rings is 1. The monoisotopic (exact) mass is 403 g/mol. The highest BCUT2D eigenvalue weighted by Gasteiger charge is 2.19. The number of anilines is 2. The first-order chi connectivity index (χ1) is 14.5. The number of carbonyl (C=O) groups excluding carboxylic acids is 1. The summed E-state index contributed by atoms with van der Waals surface area (Å²) in [5.41, 5.74) is 3.60. The van der Waals surface area contributed by atoms with Crippen molar-refractivity contribution in [1.29, 1.82) is 0 Å². The minimum absolute atomic E-state index is 0.0327. The zero-order valence-corrected chi connectivity index (χ0v) is 17.9. The van der Waals surface area contributed by atoms with Gasteiger partial charge in [0.25, 0.3) is 5.91 Å². The molecule has 1 amide bonds. The van der Waals surface area contributed by atoms with Crippen molar-refractivity contribution >= 4 is 28.4 Å². The SMILES string of the molecule is CC(C)c1cccc2cnc(Nc3cccc(C(=O)NC4CCN(C)CC4)c3)nc12. The van der Waals surface area contributed by atoms with E-state index in [1.807, 2.05) is 42.6 Å². The van der Waals surface area contributed by atoms with Gasteiger partial charge in [-0.05, 0) is 62.7 Å². The van der Waals surface area contributed by atoms with Crippen molar-refractivity contribution in [2.24, 2.45) is 0 Å². The molecule has 2 N–H and O–H groups in total. The average molecular weight is 404 g/mol. The van der Waals surface area contributed by atoms with Gasteiger partial charge in [0.1, 0.15) is 0 Å². The number of rotatable bonds is 5. The number of amides is 1. The van der Waals surface area contributed by atoms with Crippen molar-refractivity contribution in [3.8, 4) is 0 Å². The van der Waals surface area contributed by atoms with Crippen LogP contribution < -0.4 is 10.6 Å². The van der Waals surface area contributed by atoms with Crippen LogP contribution in [-0.4, -0.2) is 47.0 Å². The number of benzene rings is 2. The van der Waals surface area contributed by atoms with Crippen LogP contribution >= 0.6 is 0 Å². The zero-order valence-electron chi connectivity index (χ0n) is 17.9. The van der Waals surface area contributed by atoms with Crippen molar-refractivity contribution in [2.45, 2.75) is 38.6 Å². The number of likely N-dealkylation sites (tertiary alicyclic amines) is 1. The van der Waals surface area contributed by atoms with Crippen molar-refractivity contribution in [3.05, 3.63) is 59.8 Å². The fourth-order valence-corrected chi connectivity index (χ4v) is 3.89. The molecule has 3 aromatic rings. The summed E-state index contributed by atoms with van der Waals surface area (Å²) in [5, 5.41) is 7.45. The first-order valence-corrected chi connectivity index (χ1v) is 10.6. The third kappa shape index (κ3) is 4.60. The second kappa shape index (κ2) is 8.79. The Labute approximate surface area is 177 Å². The number of para-hydroxylation sites is 1. The van der Waals surface area contributed by atoms with Gasteiger partial charge in [-0.25, -0.2) is 9.97 Å². The fourth-order valence-electron chi connectivity index (χ4n) is 3.89. The average Bonchev–Trinajstić information content (AvgIpc) is 2.75. The number of hydrogen-bond acceptors (Lipinski definition) is 5. The predicted octanol–water partition coefficient (Wildman–Crippen LogP) is 4.32. The highest BCUT2D eigenvalue weighted by molar-refractivity contribution is 5.95. The highest BCUT2D eigenvalue weighted by Crippen LogP contribution is 2.25. The Morgan fingerprint density at radius 2 is 1.90 bits per heavy atom. The molecule has 1 aliphatic rings. The Morgan fingerprint density at radius 1 is 1.13 bits per heavy atom. The molecule has 6 heteroatoms. The molecular weight excluding hydrogens is 374 g/mol. The van der Waals surface area contributed by atoms with Crippen LogP contribution in [0, 0.1) is 0 Å². The molecule has 1 fully saturated rings. The molecule has 0 spiro atoms. The summed E-state index contributed by atoms with van der Waals surface area (Å²) >= 11 is 0. The summed E-state index contributed by atoms with van der Waals surface area (Å²) in [7, 11) is 2.12. The smallest absolute Gasteiger partial charge is 0.251 e. The second-order valence-electron chi connectivity index (χ2n) is 8.39. The number of hydrogen-bond donors (Lipinski definition) is 2. The topological polar surface area (TPSA) is 70.2 Å². The summed E-state index contributed by atoms with van der Waals surface area (Å²) in [6.07, 6.45) is 3.82. The maximum absolute atomic E-state index is 12.7. The second-order valence-corrected chi connectivity index (χ2v) is 8.39. The number of nitrogens with zero attached hydrogens (tertiary/aromatic N) is 3. The summed E-state index contributed by atoms with van der Waals surface area (Å²) < 4.78 is 0. The molecule has 1 aromatic heterocycles. The maximum Gasteiger partial charge on any atom is 0.251 e. The maximum atomic E-state index is 12.7. The number of carbonyl (C=O) groups is 1. The van der Waals surface area contributed by atoms with Gasteiger partial charge in [-0.3, -0.25) is 4.79 Å². The molecule has 2 aromatic carbocycles. The van der Waals surface area contributed by atoms with E-state index < -0.39 is 0 Å². The molecule has 6 nitrogen and oxygen atoms in total. The Kier molecular flexibility index (Phi) is 5.95. The lowest BCUT2D eigenvalue weighted by molar-refractivity contribution is 0.0917. The van der Waals surface area contributed by atoms with Gasteiger partial charge in [0, 0.05) is 28.9 Å². The number of aromatic nitrogens is 2. The Bertz CT molecular complexity index is 1040. The zero-order chi connectivity index (χ0) is 21.1. The van der Waals surface area contributed by atoms with Crippen LogP contribution in [0.3, 0.4) is 0 Å². The highest BCUT2D eigenvalue weighted by atomic mass is 16.1.